The van der Waals surface area contributed by atoms with Crippen molar-refractivity contribution in [3.05, 3.63) is 77.8 Å². The molecule has 0 spiro atoms. The summed E-state index contributed by atoms with van der Waals surface area (Å²) in [6.07, 6.45) is 0. The fourth-order valence-corrected chi connectivity index (χ4v) is 4.84. The minimum atomic E-state index is -0.287. The maximum atomic E-state index is 13.2. The van der Waals surface area contributed by atoms with Gasteiger partial charge in [-0.25, -0.2) is 4.99 Å². The molecule has 0 atom stereocenters. The van der Waals surface area contributed by atoms with Crippen molar-refractivity contribution in [1.82, 2.24) is 4.57 Å². The minimum Gasteiger partial charge on any atom is -0.334 e. The zero-order valence-electron chi connectivity index (χ0n) is 15.8. The van der Waals surface area contributed by atoms with Crippen LogP contribution in [-0.2, 0) is 11.5 Å². The van der Waals surface area contributed by atoms with Crippen molar-refractivity contribution in [3.8, 4) is 0 Å². The zero-order chi connectivity index (χ0) is 20.3. The third kappa shape index (κ3) is 2.89. The summed E-state index contributed by atoms with van der Waals surface area (Å²) in [5.74, 6) is -0.287. The molecule has 0 radical (unpaired) electrons. The highest BCUT2D eigenvalue weighted by molar-refractivity contribution is 7.07. The zero-order valence-corrected chi connectivity index (χ0v) is 17.4. The van der Waals surface area contributed by atoms with Crippen molar-refractivity contribution < 1.29 is 4.79 Å². The summed E-state index contributed by atoms with van der Waals surface area (Å²) in [5.41, 5.74) is 4.92. The van der Waals surface area contributed by atoms with E-state index in [-0.39, 0.29) is 11.5 Å². The topological polar surface area (TPSA) is 66.7 Å². The van der Waals surface area contributed by atoms with Gasteiger partial charge in [0.15, 0.2) is 4.80 Å². The van der Waals surface area contributed by atoms with E-state index in [1.807, 2.05) is 11.0 Å². The molecule has 29 heavy (non-hydrogen) atoms. The molecule has 8 heteroatoms. The molecule has 2 aliphatic heterocycles. The molecule has 3 heterocycles. The number of hydrogen-bond acceptors (Lipinski definition) is 5. The molecule has 0 unspecified atom stereocenters. The van der Waals surface area contributed by atoms with E-state index in [9.17, 15) is 9.59 Å². The number of carbonyl (C=O) groups is 1. The van der Waals surface area contributed by atoms with Crippen LogP contribution in [0.4, 0.5) is 11.4 Å². The first-order valence-corrected chi connectivity index (χ1v) is 10.3. The van der Waals surface area contributed by atoms with Crippen LogP contribution < -0.4 is 25.1 Å². The number of amides is 1. The summed E-state index contributed by atoms with van der Waals surface area (Å²) in [4.78, 5) is 33.0. The second-order valence-electron chi connectivity index (χ2n) is 7.22. The third-order valence-corrected chi connectivity index (χ3v) is 6.71. The Hall–Kier alpha value is -2.90. The fraction of sp³-hybridized carbons (Fsp3) is 0.190. The van der Waals surface area contributed by atoms with Crippen molar-refractivity contribution in [2.75, 3.05) is 16.9 Å². The van der Waals surface area contributed by atoms with Crippen molar-refractivity contribution in [3.63, 3.8) is 0 Å². The van der Waals surface area contributed by atoms with Crippen molar-refractivity contribution in [2.24, 2.45) is 4.99 Å². The van der Waals surface area contributed by atoms with Gasteiger partial charge in [-0.2, -0.15) is 0 Å². The number of halogens is 1. The van der Waals surface area contributed by atoms with Crippen molar-refractivity contribution in [1.29, 1.82) is 0 Å². The van der Waals surface area contributed by atoms with Gasteiger partial charge in [-0.1, -0.05) is 29.0 Å². The second kappa shape index (κ2) is 6.57. The Balaban J connectivity index is 1.64. The van der Waals surface area contributed by atoms with Gasteiger partial charge in [-0.3, -0.25) is 14.2 Å². The monoisotopic (exact) mass is 424 g/mol. The average molecular weight is 425 g/mol. The van der Waals surface area contributed by atoms with Crippen molar-refractivity contribution >= 4 is 45.8 Å². The van der Waals surface area contributed by atoms with Crippen LogP contribution in [-0.4, -0.2) is 17.1 Å². The number of hydrogen-bond donors (Lipinski definition) is 1. The van der Waals surface area contributed by atoms with Gasteiger partial charge in [0.25, 0.3) is 11.5 Å². The maximum absolute atomic E-state index is 13.2. The van der Waals surface area contributed by atoms with Gasteiger partial charge in [0, 0.05) is 22.0 Å². The summed E-state index contributed by atoms with van der Waals surface area (Å²) >= 11 is 7.37. The van der Waals surface area contributed by atoms with Gasteiger partial charge in [0.1, 0.15) is 17.9 Å². The van der Waals surface area contributed by atoms with Crippen LogP contribution in [0.2, 0.25) is 5.02 Å². The molecule has 0 fully saturated rings. The Morgan fingerprint density at radius 3 is 2.72 bits per heavy atom. The number of aromatic nitrogens is 1. The Morgan fingerprint density at radius 2 is 1.93 bits per heavy atom. The molecule has 0 bridgehead atoms. The number of fused-ring (bicyclic) bond motifs is 2. The van der Waals surface area contributed by atoms with E-state index >= 15 is 0 Å². The van der Waals surface area contributed by atoms with Crippen LogP contribution in [0.3, 0.4) is 0 Å². The molecule has 2 aliphatic rings. The van der Waals surface area contributed by atoms with Gasteiger partial charge in [-0.15, -0.1) is 0 Å². The lowest BCUT2D eigenvalue weighted by molar-refractivity contribution is -0.110. The lowest BCUT2D eigenvalue weighted by Gasteiger charge is -2.26. The van der Waals surface area contributed by atoms with Crippen LogP contribution in [0, 0.1) is 13.8 Å². The van der Waals surface area contributed by atoms with Crippen LogP contribution in [0.5, 0.6) is 0 Å². The molecule has 5 rings (SSSR count). The van der Waals surface area contributed by atoms with Gasteiger partial charge >= 0.3 is 0 Å². The maximum Gasteiger partial charge on any atom is 0.272 e. The van der Waals surface area contributed by atoms with Crippen LogP contribution in [0.15, 0.2) is 46.2 Å². The smallest absolute Gasteiger partial charge is 0.272 e. The number of nitrogens with one attached hydrogen (secondary N) is 1. The SMILES string of the molecule is Cc1ccc(N2CN=c3s/c(=C4\C(=O)Nc5ccc(Cl)cc54)c(=O)n3C2)cc1C. The fourth-order valence-electron chi connectivity index (χ4n) is 3.61. The molecular weight excluding hydrogens is 408 g/mol. The quantitative estimate of drug-likeness (QED) is 0.652. The number of aryl methyl sites for hydroxylation is 2. The Kier molecular flexibility index (Phi) is 4.11. The first kappa shape index (κ1) is 18.1. The average Bonchev–Trinajstić information content (AvgIpc) is 3.19. The predicted octanol–water partition coefficient (Wildman–Crippen LogP) is 2.39. The highest BCUT2D eigenvalue weighted by Crippen LogP contribution is 2.32. The number of rotatable bonds is 1. The van der Waals surface area contributed by atoms with E-state index in [2.05, 4.69) is 36.3 Å². The highest BCUT2D eigenvalue weighted by Gasteiger charge is 2.28. The first-order valence-electron chi connectivity index (χ1n) is 9.14. The Labute approximate surface area is 175 Å². The molecule has 1 amide bonds. The molecule has 146 valence electrons. The second-order valence-corrected chi connectivity index (χ2v) is 8.63. The summed E-state index contributed by atoms with van der Waals surface area (Å²) in [5, 5.41) is 3.33. The van der Waals surface area contributed by atoms with Gasteiger partial charge in [0.05, 0.1) is 5.57 Å². The summed E-state index contributed by atoms with van der Waals surface area (Å²) in [6.45, 7) is 5.00. The third-order valence-electron chi connectivity index (χ3n) is 5.36. The molecule has 0 saturated heterocycles. The summed E-state index contributed by atoms with van der Waals surface area (Å²) in [7, 11) is 0. The van der Waals surface area contributed by atoms with Crippen LogP contribution in [0.1, 0.15) is 16.7 Å². The molecule has 2 aromatic carbocycles. The minimum absolute atomic E-state index is 0.208. The number of thiazole rings is 1. The number of anilines is 2. The number of nitrogens with zero attached hydrogens (tertiary/aromatic N) is 3. The first-order chi connectivity index (χ1) is 13.9. The van der Waals surface area contributed by atoms with Gasteiger partial charge in [-0.05, 0) is 55.3 Å². The van der Waals surface area contributed by atoms with Crippen molar-refractivity contribution in [2.45, 2.75) is 20.5 Å². The largest absolute Gasteiger partial charge is 0.334 e. The summed E-state index contributed by atoms with van der Waals surface area (Å²) < 4.78 is 2.02. The molecule has 3 aromatic rings. The van der Waals surface area contributed by atoms with E-state index in [1.54, 1.807) is 22.8 Å². The molecule has 1 aromatic heterocycles. The standard InChI is InChI=1S/C21H17ClN4O2S/c1-11-3-5-14(7-12(11)2)25-9-23-21-26(10-25)20(28)18(29-21)17-15-8-13(22)4-6-16(15)24-19(17)27/h3-8H,9-10H2,1-2H3,(H,24,27)/b18-17-. The predicted molar refractivity (Wildman–Crippen MR) is 115 cm³/mol. The van der Waals surface area contributed by atoms with E-state index in [4.69, 9.17) is 11.6 Å². The Morgan fingerprint density at radius 1 is 1.10 bits per heavy atom. The van der Waals surface area contributed by atoms with Gasteiger partial charge < -0.3 is 10.2 Å². The molecule has 6 nitrogen and oxygen atoms in total. The Bertz CT molecular complexity index is 1370. The highest BCUT2D eigenvalue weighted by atomic mass is 35.5. The molecule has 0 aliphatic carbocycles. The van der Waals surface area contributed by atoms with E-state index in [0.717, 1.165) is 5.69 Å². The summed E-state index contributed by atoms with van der Waals surface area (Å²) in [6, 6.07) is 11.4. The molecular formula is C21H17ClN4O2S. The van der Waals surface area contributed by atoms with E-state index in [1.165, 1.54) is 22.5 Å². The van der Waals surface area contributed by atoms with E-state index in [0.29, 0.717) is 44.5 Å². The number of benzene rings is 2. The van der Waals surface area contributed by atoms with E-state index < -0.39 is 0 Å². The normalized spacial score (nSPS) is 16.9. The van der Waals surface area contributed by atoms with Crippen LogP contribution >= 0.6 is 22.9 Å². The molecule has 0 saturated carbocycles. The lowest BCUT2D eigenvalue weighted by atomic mass is 10.1. The molecule has 1 N–H and O–H groups in total. The number of carbonyl (C=O) groups excluding carboxylic acids is 1. The van der Waals surface area contributed by atoms with Gasteiger partial charge in [0.2, 0.25) is 0 Å². The lowest BCUT2D eigenvalue weighted by Crippen LogP contribution is -2.43. The van der Waals surface area contributed by atoms with Crippen LogP contribution in [0.25, 0.3) is 5.57 Å².